The maximum Gasteiger partial charge on any atom is 0.411 e. The van der Waals surface area contributed by atoms with Crippen molar-refractivity contribution in [1.29, 1.82) is 0 Å². The van der Waals surface area contributed by atoms with Gasteiger partial charge in [-0.25, -0.2) is 9.97 Å². The number of halogens is 3. The minimum Gasteiger partial charge on any atom is -0.490 e. The molecule has 0 spiro atoms. The van der Waals surface area contributed by atoms with Crippen LogP contribution in [0.1, 0.15) is 19.8 Å². The Morgan fingerprint density at radius 3 is 2.42 bits per heavy atom. The number of rotatable bonds is 5. The summed E-state index contributed by atoms with van der Waals surface area (Å²) >= 11 is 0. The van der Waals surface area contributed by atoms with Gasteiger partial charge < -0.3 is 15.4 Å². The van der Waals surface area contributed by atoms with Crippen molar-refractivity contribution >= 4 is 11.6 Å². The van der Waals surface area contributed by atoms with E-state index in [2.05, 4.69) is 20.6 Å². The first-order valence-corrected chi connectivity index (χ1v) is 5.91. The van der Waals surface area contributed by atoms with Gasteiger partial charge in [0.05, 0.1) is 7.11 Å². The number of nitrogens with one attached hydrogen (secondary N) is 2. The van der Waals surface area contributed by atoms with Crippen molar-refractivity contribution in [3.8, 4) is 5.75 Å². The molecule has 1 heterocycles. The molecule has 0 saturated heterocycles. The van der Waals surface area contributed by atoms with E-state index < -0.39 is 11.7 Å². The van der Waals surface area contributed by atoms with Crippen LogP contribution in [-0.2, 0) is 0 Å². The molecule has 8 heteroatoms. The molecule has 0 bridgehead atoms. The van der Waals surface area contributed by atoms with Gasteiger partial charge in [0.2, 0.25) is 5.75 Å². The van der Waals surface area contributed by atoms with Crippen molar-refractivity contribution < 1.29 is 17.9 Å². The number of methoxy groups -OCH3 is 1. The molecule has 0 unspecified atom stereocenters. The van der Waals surface area contributed by atoms with Crippen molar-refractivity contribution in [3.63, 3.8) is 0 Å². The van der Waals surface area contributed by atoms with Crippen LogP contribution in [0, 0.1) is 0 Å². The number of aromatic nitrogens is 2. The van der Waals surface area contributed by atoms with E-state index in [0.717, 1.165) is 0 Å². The number of nitrogens with zero attached hydrogens (tertiary/aromatic N) is 2. The van der Waals surface area contributed by atoms with Gasteiger partial charge in [-0.15, -0.1) is 0 Å². The average Bonchev–Trinajstić information content (AvgIpc) is 3.10. The molecule has 0 amide bonds. The molecule has 1 fully saturated rings. The molecule has 5 nitrogen and oxygen atoms in total. The quantitative estimate of drug-likeness (QED) is 0.865. The Hall–Kier alpha value is -1.73. The summed E-state index contributed by atoms with van der Waals surface area (Å²) in [5, 5.41) is 5.36. The fourth-order valence-corrected chi connectivity index (χ4v) is 1.78. The highest BCUT2D eigenvalue weighted by molar-refractivity contribution is 5.65. The summed E-state index contributed by atoms with van der Waals surface area (Å²) in [6, 6.07) is 0. The third-order valence-electron chi connectivity index (χ3n) is 3.00. The summed E-state index contributed by atoms with van der Waals surface area (Å²) in [6.45, 7) is 2.43. The number of alkyl halides is 3. The van der Waals surface area contributed by atoms with Gasteiger partial charge in [0.1, 0.15) is 11.9 Å². The molecular formula is C11H15F3N4O. The molecule has 1 aliphatic carbocycles. The van der Waals surface area contributed by atoms with Crippen LogP contribution in [0.4, 0.5) is 24.8 Å². The molecule has 1 saturated carbocycles. The SMILES string of the molecule is CCNc1ncnc(NC2(C(F)(F)F)CC2)c1OC. The van der Waals surface area contributed by atoms with E-state index in [-0.39, 0.29) is 24.4 Å². The molecule has 0 aliphatic heterocycles. The summed E-state index contributed by atoms with van der Waals surface area (Å²) in [4.78, 5) is 7.79. The lowest BCUT2D eigenvalue weighted by Gasteiger charge is -2.22. The van der Waals surface area contributed by atoms with Gasteiger partial charge in [0.25, 0.3) is 0 Å². The lowest BCUT2D eigenvalue weighted by Crippen LogP contribution is -2.39. The lowest BCUT2D eigenvalue weighted by atomic mass is 10.2. The normalized spacial score (nSPS) is 16.9. The van der Waals surface area contributed by atoms with Crippen molar-refractivity contribution in [3.05, 3.63) is 6.33 Å². The van der Waals surface area contributed by atoms with Crippen LogP contribution in [0.3, 0.4) is 0 Å². The van der Waals surface area contributed by atoms with Gasteiger partial charge in [0.15, 0.2) is 11.6 Å². The second-order valence-corrected chi connectivity index (χ2v) is 4.34. The van der Waals surface area contributed by atoms with Crippen molar-refractivity contribution in [2.24, 2.45) is 0 Å². The summed E-state index contributed by atoms with van der Waals surface area (Å²) in [5.41, 5.74) is -1.88. The third kappa shape index (κ3) is 2.52. The summed E-state index contributed by atoms with van der Waals surface area (Å²) in [7, 11) is 1.37. The second kappa shape index (κ2) is 4.75. The molecule has 1 aromatic rings. The van der Waals surface area contributed by atoms with Gasteiger partial charge in [-0.1, -0.05) is 0 Å². The molecule has 1 aliphatic rings. The third-order valence-corrected chi connectivity index (χ3v) is 3.00. The largest absolute Gasteiger partial charge is 0.490 e. The predicted octanol–water partition coefficient (Wildman–Crippen LogP) is 2.42. The average molecular weight is 276 g/mol. The minimum atomic E-state index is -4.30. The molecule has 0 aromatic carbocycles. The number of anilines is 2. The molecule has 106 valence electrons. The van der Waals surface area contributed by atoms with Gasteiger partial charge in [-0.3, -0.25) is 0 Å². The number of hydrogen-bond donors (Lipinski definition) is 2. The highest BCUT2D eigenvalue weighted by Crippen LogP contribution is 2.52. The van der Waals surface area contributed by atoms with Gasteiger partial charge >= 0.3 is 6.18 Å². The zero-order valence-electron chi connectivity index (χ0n) is 10.6. The highest BCUT2D eigenvalue weighted by atomic mass is 19.4. The van der Waals surface area contributed by atoms with E-state index in [0.29, 0.717) is 12.4 Å². The fraction of sp³-hybridized carbons (Fsp3) is 0.636. The molecule has 0 radical (unpaired) electrons. The van der Waals surface area contributed by atoms with Crippen LogP contribution in [-0.4, -0.2) is 35.3 Å². The molecule has 2 N–H and O–H groups in total. The van der Waals surface area contributed by atoms with Gasteiger partial charge in [-0.2, -0.15) is 13.2 Å². The second-order valence-electron chi connectivity index (χ2n) is 4.34. The fourth-order valence-electron chi connectivity index (χ4n) is 1.78. The van der Waals surface area contributed by atoms with Crippen molar-refractivity contribution in [1.82, 2.24) is 9.97 Å². The van der Waals surface area contributed by atoms with Crippen LogP contribution in [0.15, 0.2) is 6.33 Å². The number of ether oxygens (including phenoxy) is 1. The smallest absolute Gasteiger partial charge is 0.411 e. The molecule has 2 rings (SSSR count). The van der Waals surface area contributed by atoms with Crippen LogP contribution in [0.5, 0.6) is 5.75 Å². The highest BCUT2D eigenvalue weighted by Gasteiger charge is 2.64. The molecule has 0 atom stereocenters. The Morgan fingerprint density at radius 1 is 1.32 bits per heavy atom. The number of hydrogen-bond acceptors (Lipinski definition) is 5. The molecule has 19 heavy (non-hydrogen) atoms. The zero-order valence-corrected chi connectivity index (χ0v) is 10.6. The zero-order chi connectivity index (χ0) is 14.1. The van der Waals surface area contributed by atoms with Crippen LogP contribution in [0.25, 0.3) is 0 Å². The van der Waals surface area contributed by atoms with Crippen LogP contribution in [0.2, 0.25) is 0 Å². The Morgan fingerprint density at radius 2 is 1.95 bits per heavy atom. The Balaban J connectivity index is 2.28. The van der Waals surface area contributed by atoms with Crippen molar-refractivity contribution in [2.75, 3.05) is 24.3 Å². The molecule has 1 aromatic heterocycles. The summed E-state index contributed by atoms with van der Waals surface area (Å²) in [6.07, 6.45) is -3.02. The van der Waals surface area contributed by atoms with E-state index in [4.69, 9.17) is 4.74 Å². The standard InChI is InChI=1S/C11H15F3N4O/c1-3-15-8-7(19-2)9(17-6-16-8)18-10(4-5-10)11(12,13)14/h6H,3-5H2,1-2H3,(H2,15,16,17,18). The van der Waals surface area contributed by atoms with Gasteiger partial charge in [0, 0.05) is 6.54 Å². The Labute approximate surface area is 108 Å². The van der Waals surface area contributed by atoms with E-state index in [9.17, 15) is 13.2 Å². The minimum absolute atomic E-state index is 0.0419. The first-order valence-electron chi connectivity index (χ1n) is 5.91. The Kier molecular flexibility index (Phi) is 3.42. The van der Waals surface area contributed by atoms with Crippen molar-refractivity contribution in [2.45, 2.75) is 31.5 Å². The first-order chi connectivity index (χ1) is 8.93. The van der Waals surface area contributed by atoms with E-state index in [1.807, 2.05) is 6.92 Å². The summed E-state index contributed by atoms with van der Waals surface area (Å²) < 4.78 is 43.8. The van der Waals surface area contributed by atoms with Crippen LogP contribution >= 0.6 is 0 Å². The Bertz CT molecular complexity index is 460. The summed E-state index contributed by atoms with van der Waals surface area (Å²) in [5.74, 6) is 0.628. The van der Waals surface area contributed by atoms with E-state index >= 15 is 0 Å². The topological polar surface area (TPSA) is 59.1 Å². The van der Waals surface area contributed by atoms with E-state index in [1.54, 1.807) is 0 Å². The van der Waals surface area contributed by atoms with E-state index in [1.165, 1.54) is 13.4 Å². The maximum atomic E-state index is 12.9. The first kappa shape index (κ1) is 13.7. The monoisotopic (exact) mass is 276 g/mol. The maximum absolute atomic E-state index is 12.9. The molecular weight excluding hydrogens is 261 g/mol. The van der Waals surface area contributed by atoms with Gasteiger partial charge in [-0.05, 0) is 19.8 Å². The lowest BCUT2D eigenvalue weighted by molar-refractivity contribution is -0.151. The predicted molar refractivity (Wildman–Crippen MR) is 64.4 cm³/mol. The van der Waals surface area contributed by atoms with Crippen LogP contribution < -0.4 is 15.4 Å².